The smallest absolute Gasteiger partial charge is 0.255 e. The molecule has 7 nitrogen and oxygen atoms in total. The fourth-order valence-corrected chi connectivity index (χ4v) is 2.23. The summed E-state index contributed by atoms with van der Waals surface area (Å²) in [5.41, 5.74) is 6.75. The van der Waals surface area contributed by atoms with Crippen molar-refractivity contribution in [3.63, 3.8) is 0 Å². The average molecular weight is 318 g/mol. The molecule has 0 aromatic carbocycles. The van der Waals surface area contributed by atoms with E-state index in [1.165, 1.54) is 19.2 Å². The highest BCUT2D eigenvalue weighted by Gasteiger charge is 2.13. The van der Waals surface area contributed by atoms with Crippen LogP contribution in [0.5, 0.6) is 0 Å². The van der Waals surface area contributed by atoms with Crippen molar-refractivity contribution in [2.24, 2.45) is 0 Å². The second kappa shape index (κ2) is 8.40. The van der Waals surface area contributed by atoms with Crippen LogP contribution in [-0.4, -0.2) is 61.0 Å². The van der Waals surface area contributed by atoms with Gasteiger partial charge < -0.3 is 15.8 Å². The van der Waals surface area contributed by atoms with Gasteiger partial charge in [0.15, 0.2) is 5.78 Å². The zero-order chi connectivity index (χ0) is 16.7. The molecule has 124 valence electrons. The van der Waals surface area contributed by atoms with E-state index in [0.29, 0.717) is 17.7 Å². The molecular formula is C16H22N4O3. The highest BCUT2D eigenvalue weighted by Crippen LogP contribution is 2.12. The van der Waals surface area contributed by atoms with Crippen molar-refractivity contribution >= 4 is 23.6 Å². The lowest BCUT2D eigenvalue weighted by Crippen LogP contribution is -2.41. The second-order valence-electron chi connectivity index (χ2n) is 5.36. The van der Waals surface area contributed by atoms with Crippen molar-refractivity contribution in [3.05, 3.63) is 29.5 Å². The average Bonchev–Trinajstić information content (AvgIpc) is 2.55. The summed E-state index contributed by atoms with van der Waals surface area (Å²) in [5.74, 6) is -0.159. The lowest BCUT2D eigenvalue weighted by molar-refractivity contribution is -0.112. The minimum Gasteiger partial charge on any atom is -0.383 e. The lowest BCUT2D eigenvalue weighted by Gasteiger charge is -2.26. The second-order valence-corrected chi connectivity index (χ2v) is 5.36. The van der Waals surface area contributed by atoms with Crippen LogP contribution in [0.2, 0.25) is 0 Å². The Morgan fingerprint density at radius 2 is 2.17 bits per heavy atom. The van der Waals surface area contributed by atoms with Crippen LogP contribution in [0.4, 0.5) is 5.82 Å². The number of ketones is 1. The Hall–Kier alpha value is -2.25. The van der Waals surface area contributed by atoms with Crippen molar-refractivity contribution in [1.82, 2.24) is 15.2 Å². The van der Waals surface area contributed by atoms with Gasteiger partial charge in [0.2, 0.25) is 0 Å². The minimum atomic E-state index is -0.263. The van der Waals surface area contributed by atoms with E-state index in [-0.39, 0.29) is 17.5 Å². The molecule has 0 bridgehead atoms. The van der Waals surface area contributed by atoms with E-state index >= 15 is 0 Å². The van der Waals surface area contributed by atoms with Gasteiger partial charge in [-0.05, 0) is 30.7 Å². The molecule has 1 aromatic rings. The molecule has 1 aliphatic rings. The summed E-state index contributed by atoms with van der Waals surface area (Å²) >= 11 is 0. The monoisotopic (exact) mass is 318 g/mol. The quantitative estimate of drug-likeness (QED) is 0.734. The van der Waals surface area contributed by atoms with Gasteiger partial charge in [0, 0.05) is 32.4 Å². The van der Waals surface area contributed by atoms with Gasteiger partial charge in [0.25, 0.3) is 5.91 Å². The number of anilines is 1. The summed E-state index contributed by atoms with van der Waals surface area (Å²) < 4.78 is 5.28. The normalized spacial score (nSPS) is 15.7. The number of pyridine rings is 1. The number of nitrogens with one attached hydrogen (secondary N) is 1. The van der Waals surface area contributed by atoms with Crippen LogP contribution in [0.25, 0.3) is 6.08 Å². The first kappa shape index (κ1) is 17.1. The van der Waals surface area contributed by atoms with Crippen molar-refractivity contribution in [3.8, 4) is 0 Å². The van der Waals surface area contributed by atoms with Gasteiger partial charge in [0.05, 0.1) is 18.8 Å². The van der Waals surface area contributed by atoms with E-state index in [4.69, 9.17) is 10.5 Å². The van der Waals surface area contributed by atoms with Crippen molar-refractivity contribution < 1.29 is 14.3 Å². The van der Waals surface area contributed by atoms with Crippen molar-refractivity contribution in [2.75, 3.05) is 45.1 Å². The van der Waals surface area contributed by atoms with Gasteiger partial charge in [-0.25, -0.2) is 4.98 Å². The van der Waals surface area contributed by atoms with E-state index in [1.54, 1.807) is 12.1 Å². The molecule has 0 aliphatic carbocycles. The summed E-state index contributed by atoms with van der Waals surface area (Å²) in [5, 5.41) is 2.85. The number of carbonyl (C=O) groups excluding carboxylic acids is 2. The molecule has 1 aromatic heterocycles. The van der Waals surface area contributed by atoms with Crippen molar-refractivity contribution in [2.45, 2.75) is 6.92 Å². The molecule has 0 radical (unpaired) electrons. The van der Waals surface area contributed by atoms with Crippen LogP contribution in [-0.2, 0) is 9.53 Å². The van der Waals surface area contributed by atoms with Gasteiger partial charge in [-0.1, -0.05) is 0 Å². The molecule has 1 amide bonds. The van der Waals surface area contributed by atoms with E-state index in [0.717, 1.165) is 32.8 Å². The summed E-state index contributed by atoms with van der Waals surface area (Å²) in [6.45, 7) is 5.99. The molecule has 0 atom stereocenters. The molecular weight excluding hydrogens is 296 g/mol. The highest BCUT2D eigenvalue weighted by molar-refractivity contribution is 5.99. The first-order valence-corrected chi connectivity index (χ1v) is 7.59. The summed E-state index contributed by atoms with van der Waals surface area (Å²) in [6, 6.07) is 1.63. The van der Waals surface area contributed by atoms with E-state index in [1.807, 2.05) is 0 Å². The minimum absolute atomic E-state index is 0.0710. The number of amides is 1. The van der Waals surface area contributed by atoms with E-state index in [2.05, 4.69) is 15.2 Å². The number of hydrogen-bond donors (Lipinski definition) is 2. The van der Waals surface area contributed by atoms with Gasteiger partial charge in [-0.15, -0.1) is 0 Å². The summed E-state index contributed by atoms with van der Waals surface area (Å²) in [6.07, 6.45) is 4.56. The number of rotatable bonds is 6. The fraction of sp³-hybridized carbons (Fsp3) is 0.438. The number of morpholine rings is 1. The lowest BCUT2D eigenvalue weighted by atomic mass is 10.1. The molecule has 3 N–H and O–H groups in total. The predicted molar refractivity (Wildman–Crippen MR) is 88.0 cm³/mol. The van der Waals surface area contributed by atoms with Crippen LogP contribution in [0.3, 0.4) is 0 Å². The number of carbonyl (C=O) groups is 2. The zero-order valence-corrected chi connectivity index (χ0v) is 13.2. The molecule has 1 saturated heterocycles. The number of nitrogens with two attached hydrogens (primary N) is 1. The molecule has 0 unspecified atom stereocenters. The Labute approximate surface area is 135 Å². The molecule has 0 spiro atoms. The third-order valence-corrected chi connectivity index (χ3v) is 3.51. The Balaban J connectivity index is 1.92. The molecule has 0 saturated carbocycles. The first-order chi connectivity index (χ1) is 11.1. The maximum Gasteiger partial charge on any atom is 0.255 e. The number of nitrogens with zero attached hydrogens (tertiary/aromatic N) is 2. The molecule has 23 heavy (non-hydrogen) atoms. The number of nitrogen functional groups attached to an aromatic ring is 1. The fourth-order valence-electron chi connectivity index (χ4n) is 2.23. The summed E-state index contributed by atoms with van der Waals surface area (Å²) in [7, 11) is 0. The first-order valence-electron chi connectivity index (χ1n) is 7.59. The third kappa shape index (κ3) is 5.46. The molecule has 1 fully saturated rings. The van der Waals surface area contributed by atoms with Gasteiger partial charge >= 0.3 is 0 Å². The molecule has 1 aliphatic heterocycles. The number of allylic oxidation sites excluding steroid dienone is 1. The Kier molecular flexibility index (Phi) is 6.25. The number of ether oxygens (including phenoxy) is 1. The van der Waals surface area contributed by atoms with Crippen LogP contribution in [0, 0.1) is 0 Å². The Morgan fingerprint density at radius 1 is 1.43 bits per heavy atom. The molecule has 7 heteroatoms. The maximum absolute atomic E-state index is 12.2. The van der Waals surface area contributed by atoms with Crippen LogP contribution >= 0.6 is 0 Å². The topological polar surface area (TPSA) is 97.6 Å². The Morgan fingerprint density at radius 3 is 2.87 bits per heavy atom. The largest absolute Gasteiger partial charge is 0.383 e. The van der Waals surface area contributed by atoms with E-state index in [9.17, 15) is 9.59 Å². The van der Waals surface area contributed by atoms with Gasteiger partial charge in [-0.2, -0.15) is 0 Å². The van der Waals surface area contributed by atoms with Crippen molar-refractivity contribution in [1.29, 1.82) is 0 Å². The van der Waals surface area contributed by atoms with Crippen LogP contribution < -0.4 is 11.1 Å². The maximum atomic E-state index is 12.2. The highest BCUT2D eigenvalue weighted by atomic mass is 16.5. The van der Waals surface area contributed by atoms with Crippen LogP contribution in [0.1, 0.15) is 22.8 Å². The van der Waals surface area contributed by atoms with E-state index < -0.39 is 0 Å². The number of aromatic nitrogens is 1. The van der Waals surface area contributed by atoms with Gasteiger partial charge in [0.1, 0.15) is 5.82 Å². The Bertz CT molecular complexity index is 595. The SMILES string of the molecule is CC(=O)/C=C/c1cnc(N)c(C(=O)NCCN2CCOCC2)c1. The third-order valence-electron chi connectivity index (χ3n) is 3.51. The van der Waals surface area contributed by atoms with Crippen LogP contribution in [0.15, 0.2) is 18.3 Å². The number of hydrogen-bond acceptors (Lipinski definition) is 6. The summed E-state index contributed by atoms with van der Waals surface area (Å²) in [4.78, 5) is 29.4. The zero-order valence-electron chi connectivity index (χ0n) is 13.2. The standard InChI is InChI=1S/C16H22N4O3/c1-12(21)2-3-13-10-14(15(17)19-11-13)16(22)18-4-5-20-6-8-23-9-7-20/h2-3,10-11H,4-9H2,1H3,(H2,17,19)(H,18,22)/b3-2+. The molecule has 2 rings (SSSR count). The molecule has 2 heterocycles. The predicted octanol–water partition coefficient (Wildman–Crippen LogP) is 0.328. The van der Waals surface area contributed by atoms with Gasteiger partial charge in [-0.3, -0.25) is 14.5 Å².